The maximum Gasteiger partial charge on any atom is 0.139 e. The first kappa shape index (κ1) is 5.70. The molecule has 1 aliphatic heterocycles. The Morgan fingerprint density at radius 2 is 2.00 bits per heavy atom. The molecule has 10 heavy (non-hydrogen) atoms. The highest BCUT2D eigenvalue weighted by Crippen LogP contribution is 2.03. The van der Waals surface area contributed by atoms with Crippen LogP contribution in [0.25, 0.3) is 0 Å². The van der Waals surface area contributed by atoms with Gasteiger partial charge in [0.15, 0.2) is 0 Å². The van der Waals surface area contributed by atoms with E-state index in [0.717, 1.165) is 13.1 Å². The molecule has 0 radical (unpaired) electrons. The summed E-state index contributed by atoms with van der Waals surface area (Å²) in [6.45, 7) is 2.23. The fourth-order valence-electron chi connectivity index (χ4n) is 1.25. The van der Waals surface area contributed by atoms with E-state index in [1.54, 1.807) is 12.7 Å². The number of hydrogen-bond acceptors (Lipinski definition) is 3. The van der Waals surface area contributed by atoms with E-state index in [1.165, 1.54) is 12.8 Å². The monoisotopic (exact) mass is 138 g/mol. The summed E-state index contributed by atoms with van der Waals surface area (Å²) in [5, 5.41) is 6.22. The third kappa shape index (κ3) is 0.853. The number of nitrogens with zero attached hydrogens (tertiary/aromatic N) is 4. The molecule has 1 aromatic heterocycles. The summed E-state index contributed by atoms with van der Waals surface area (Å²) in [4.78, 5) is 5.69. The summed E-state index contributed by atoms with van der Waals surface area (Å²) in [5.74, 6) is 0. The average Bonchev–Trinajstić information content (AvgIpc) is 2.59. The molecule has 1 aromatic rings. The van der Waals surface area contributed by atoms with E-state index in [-0.39, 0.29) is 0 Å². The van der Waals surface area contributed by atoms with Crippen molar-refractivity contribution in [3.05, 3.63) is 12.7 Å². The van der Waals surface area contributed by atoms with Crippen LogP contribution in [0.3, 0.4) is 0 Å². The van der Waals surface area contributed by atoms with Crippen molar-refractivity contribution in [1.82, 2.24) is 14.9 Å². The summed E-state index contributed by atoms with van der Waals surface area (Å²) in [6, 6.07) is 0. The predicted molar refractivity (Wildman–Crippen MR) is 37.2 cm³/mol. The third-order valence-corrected chi connectivity index (χ3v) is 1.78. The molecule has 4 heteroatoms. The zero-order valence-corrected chi connectivity index (χ0v) is 5.77. The Morgan fingerprint density at radius 3 is 2.60 bits per heavy atom. The molecule has 0 unspecified atom stereocenters. The van der Waals surface area contributed by atoms with Gasteiger partial charge in [-0.2, -0.15) is 4.79 Å². The second kappa shape index (κ2) is 2.28. The normalized spacial score (nSPS) is 18.2. The Bertz CT molecular complexity index is 188. The van der Waals surface area contributed by atoms with Crippen molar-refractivity contribution in [2.45, 2.75) is 12.8 Å². The van der Waals surface area contributed by atoms with Crippen LogP contribution in [0.4, 0.5) is 0 Å². The minimum absolute atomic E-state index is 1.11. The van der Waals surface area contributed by atoms with Gasteiger partial charge in [0, 0.05) is 13.1 Å². The van der Waals surface area contributed by atoms with Gasteiger partial charge < -0.3 is 0 Å². The molecule has 0 aromatic carbocycles. The van der Waals surface area contributed by atoms with Crippen molar-refractivity contribution >= 4 is 0 Å². The highest BCUT2D eigenvalue weighted by Gasteiger charge is 2.11. The van der Waals surface area contributed by atoms with Crippen LogP contribution in [0.5, 0.6) is 0 Å². The minimum Gasteiger partial charge on any atom is -0.295 e. The Hall–Kier alpha value is -1.06. The molecule has 1 fully saturated rings. The molecule has 1 saturated heterocycles. The SMILES string of the molecule is c1ncn(N2CCCC2)n1. The van der Waals surface area contributed by atoms with Crippen molar-refractivity contribution in [2.75, 3.05) is 18.1 Å². The first-order valence-electron chi connectivity index (χ1n) is 3.57. The fourth-order valence-corrected chi connectivity index (χ4v) is 1.25. The average molecular weight is 138 g/mol. The molecule has 0 saturated carbocycles. The van der Waals surface area contributed by atoms with E-state index in [4.69, 9.17) is 0 Å². The molecule has 0 atom stereocenters. The molecule has 2 heterocycles. The standard InChI is InChI=1S/C6H10N4/c1-2-4-9(3-1)10-6-7-5-8-10/h5-6H,1-4H2. The first-order valence-corrected chi connectivity index (χ1v) is 3.57. The van der Waals surface area contributed by atoms with E-state index in [2.05, 4.69) is 15.1 Å². The molecule has 0 aliphatic carbocycles. The summed E-state index contributed by atoms with van der Waals surface area (Å²) in [5.41, 5.74) is 0. The number of rotatable bonds is 1. The molecule has 54 valence electrons. The molecule has 0 spiro atoms. The minimum atomic E-state index is 1.11. The maximum atomic E-state index is 4.03. The van der Waals surface area contributed by atoms with Gasteiger partial charge >= 0.3 is 0 Å². The number of hydrogen-bond donors (Lipinski definition) is 0. The van der Waals surface area contributed by atoms with Crippen LogP contribution >= 0.6 is 0 Å². The zero-order chi connectivity index (χ0) is 6.81. The Morgan fingerprint density at radius 1 is 1.20 bits per heavy atom. The van der Waals surface area contributed by atoms with Gasteiger partial charge in [0.25, 0.3) is 0 Å². The molecule has 0 amide bonds. The van der Waals surface area contributed by atoms with Crippen LogP contribution in [0.1, 0.15) is 12.8 Å². The van der Waals surface area contributed by atoms with E-state index >= 15 is 0 Å². The molecular formula is C6H10N4. The summed E-state index contributed by atoms with van der Waals surface area (Å²) < 4.78 is 0. The lowest BCUT2D eigenvalue weighted by Gasteiger charge is -2.15. The molecule has 4 nitrogen and oxygen atoms in total. The molecular weight excluding hydrogens is 128 g/mol. The van der Waals surface area contributed by atoms with Gasteiger partial charge in [0.05, 0.1) is 0 Å². The zero-order valence-electron chi connectivity index (χ0n) is 5.77. The first-order chi connectivity index (χ1) is 4.97. The summed E-state index contributed by atoms with van der Waals surface area (Å²) in [7, 11) is 0. The predicted octanol–water partition coefficient (Wildman–Crippen LogP) is 0.00990. The van der Waals surface area contributed by atoms with Crippen LogP contribution < -0.4 is 5.01 Å². The van der Waals surface area contributed by atoms with Crippen LogP contribution in [0.2, 0.25) is 0 Å². The lowest BCUT2D eigenvalue weighted by atomic mass is 10.4. The lowest BCUT2D eigenvalue weighted by Crippen LogP contribution is -2.31. The van der Waals surface area contributed by atoms with E-state index in [0.29, 0.717) is 0 Å². The fraction of sp³-hybridized carbons (Fsp3) is 0.667. The molecule has 0 bridgehead atoms. The van der Waals surface area contributed by atoms with Crippen molar-refractivity contribution in [3.63, 3.8) is 0 Å². The Balaban J connectivity index is 2.12. The van der Waals surface area contributed by atoms with E-state index in [1.807, 2.05) is 4.79 Å². The highest BCUT2D eigenvalue weighted by molar-refractivity contribution is 4.87. The van der Waals surface area contributed by atoms with Gasteiger partial charge in [0.2, 0.25) is 0 Å². The summed E-state index contributed by atoms with van der Waals surface area (Å²) >= 11 is 0. The van der Waals surface area contributed by atoms with Gasteiger partial charge in [-0.15, -0.1) is 5.10 Å². The smallest absolute Gasteiger partial charge is 0.139 e. The van der Waals surface area contributed by atoms with Crippen LogP contribution in [-0.2, 0) is 0 Å². The van der Waals surface area contributed by atoms with Gasteiger partial charge in [-0.05, 0) is 12.8 Å². The van der Waals surface area contributed by atoms with Crippen molar-refractivity contribution in [2.24, 2.45) is 0 Å². The van der Waals surface area contributed by atoms with Gasteiger partial charge in [-0.3, -0.25) is 5.01 Å². The van der Waals surface area contributed by atoms with Crippen LogP contribution in [0.15, 0.2) is 12.7 Å². The second-order valence-corrected chi connectivity index (χ2v) is 2.48. The highest BCUT2D eigenvalue weighted by atomic mass is 15.7. The van der Waals surface area contributed by atoms with Crippen LogP contribution in [-0.4, -0.2) is 28.0 Å². The topological polar surface area (TPSA) is 34.0 Å². The van der Waals surface area contributed by atoms with Crippen LogP contribution in [0, 0.1) is 0 Å². The van der Waals surface area contributed by atoms with E-state index < -0.39 is 0 Å². The molecule has 2 rings (SSSR count). The number of aromatic nitrogens is 3. The Kier molecular flexibility index (Phi) is 1.30. The quantitative estimate of drug-likeness (QED) is 0.548. The largest absolute Gasteiger partial charge is 0.295 e. The lowest BCUT2D eigenvalue weighted by molar-refractivity contribution is 0.588. The maximum absolute atomic E-state index is 4.03. The van der Waals surface area contributed by atoms with Crippen molar-refractivity contribution < 1.29 is 0 Å². The molecule has 1 aliphatic rings. The third-order valence-electron chi connectivity index (χ3n) is 1.78. The van der Waals surface area contributed by atoms with Gasteiger partial charge in [-0.1, -0.05) is 0 Å². The van der Waals surface area contributed by atoms with Crippen molar-refractivity contribution in [1.29, 1.82) is 0 Å². The van der Waals surface area contributed by atoms with Gasteiger partial charge in [-0.25, -0.2) is 4.98 Å². The second-order valence-electron chi connectivity index (χ2n) is 2.48. The van der Waals surface area contributed by atoms with Crippen molar-refractivity contribution in [3.8, 4) is 0 Å². The Labute approximate surface area is 59.4 Å². The van der Waals surface area contributed by atoms with Gasteiger partial charge in [0.1, 0.15) is 12.7 Å². The molecule has 0 N–H and O–H groups in total. The summed E-state index contributed by atoms with van der Waals surface area (Å²) in [6.07, 6.45) is 5.86. The van der Waals surface area contributed by atoms with E-state index in [9.17, 15) is 0 Å².